The minimum absolute atomic E-state index is 0.123. The third kappa shape index (κ3) is 5.21. The number of methoxy groups -OCH3 is 1. The lowest BCUT2D eigenvalue weighted by Gasteiger charge is -2.14. The van der Waals surface area contributed by atoms with E-state index in [1.165, 1.54) is 17.5 Å². The van der Waals surface area contributed by atoms with Crippen molar-refractivity contribution in [3.8, 4) is 16.9 Å². The Balaban J connectivity index is 1.54. The number of pyridine rings is 1. The normalized spacial score (nSPS) is 11.0. The van der Waals surface area contributed by atoms with Gasteiger partial charge in [0.2, 0.25) is 5.43 Å². The summed E-state index contributed by atoms with van der Waals surface area (Å²) in [5.41, 5.74) is 3.05. The quantitative estimate of drug-likeness (QED) is 0.249. The lowest BCUT2D eigenvalue weighted by Crippen LogP contribution is -2.19. The number of hydrogen-bond acceptors (Lipinski definition) is 6. The second-order valence-corrected chi connectivity index (χ2v) is 9.76. The first-order chi connectivity index (χ1) is 17.9. The maximum atomic E-state index is 13.0. The molecule has 0 atom stereocenters. The Kier molecular flexibility index (Phi) is 6.94. The molecule has 0 bridgehead atoms. The summed E-state index contributed by atoms with van der Waals surface area (Å²) in [7, 11) is 1.61. The number of carboxylic acid groups (broad SMARTS) is 1. The average Bonchev–Trinajstić information content (AvgIpc) is 3.36. The number of benzene rings is 3. The van der Waals surface area contributed by atoms with Gasteiger partial charge in [-0.2, -0.15) is 0 Å². The van der Waals surface area contributed by atoms with Crippen molar-refractivity contribution in [3.63, 3.8) is 0 Å². The molecule has 3 aromatic carbocycles. The van der Waals surface area contributed by atoms with Crippen LogP contribution in [0.2, 0.25) is 5.02 Å². The molecule has 0 aliphatic carbocycles. The Morgan fingerprint density at radius 1 is 1.11 bits per heavy atom. The number of anilines is 1. The number of aromatic nitrogens is 2. The van der Waals surface area contributed by atoms with Gasteiger partial charge in [-0.3, -0.25) is 4.79 Å². The SMILES string of the molecule is COc1ccc(CNc2nc3c(=O)c(C(=O)O)cn(Cc4ccc(Cl)cc4-c4ccccc4)c3s2)cc1. The van der Waals surface area contributed by atoms with Crippen LogP contribution in [-0.2, 0) is 13.1 Å². The summed E-state index contributed by atoms with van der Waals surface area (Å²) in [6, 6.07) is 23.0. The van der Waals surface area contributed by atoms with Crippen LogP contribution in [0.5, 0.6) is 5.75 Å². The van der Waals surface area contributed by atoms with E-state index >= 15 is 0 Å². The van der Waals surface area contributed by atoms with E-state index in [0.29, 0.717) is 28.1 Å². The van der Waals surface area contributed by atoms with Crippen LogP contribution in [-0.4, -0.2) is 27.7 Å². The molecule has 0 saturated heterocycles. The molecule has 7 nitrogen and oxygen atoms in total. The van der Waals surface area contributed by atoms with Crippen molar-refractivity contribution in [2.24, 2.45) is 0 Å². The molecule has 2 N–H and O–H groups in total. The van der Waals surface area contributed by atoms with Crippen molar-refractivity contribution >= 4 is 44.4 Å². The van der Waals surface area contributed by atoms with Crippen LogP contribution in [0, 0.1) is 0 Å². The molecule has 0 amide bonds. The van der Waals surface area contributed by atoms with Gasteiger partial charge in [0.1, 0.15) is 21.7 Å². The molecule has 186 valence electrons. The number of rotatable bonds is 8. The Labute approximate surface area is 221 Å². The number of fused-ring (bicyclic) bond motifs is 1. The van der Waals surface area contributed by atoms with E-state index in [4.69, 9.17) is 16.3 Å². The number of nitrogens with one attached hydrogen (secondary N) is 1. The van der Waals surface area contributed by atoms with Gasteiger partial charge >= 0.3 is 5.97 Å². The zero-order valence-electron chi connectivity index (χ0n) is 19.8. The number of thiazole rings is 1. The van der Waals surface area contributed by atoms with Crippen LogP contribution in [0.4, 0.5) is 5.13 Å². The zero-order chi connectivity index (χ0) is 25.9. The summed E-state index contributed by atoms with van der Waals surface area (Å²) in [4.78, 5) is 29.9. The van der Waals surface area contributed by atoms with Crippen molar-refractivity contribution in [1.82, 2.24) is 9.55 Å². The van der Waals surface area contributed by atoms with Gasteiger partial charge in [-0.1, -0.05) is 71.5 Å². The Morgan fingerprint density at radius 2 is 1.86 bits per heavy atom. The molecule has 0 aliphatic heterocycles. The zero-order valence-corrected chi connectivity index (χ0v) is 21.3. The molecule has 0 radical (unpaired) electrons. The van der Waals surface area contributed by atoms with Gasteiger partial charge in [0.25, 0.3) is 0 Å². The highest BCUT2D eigenvalue weighted by Crippen LogP contribution is 2.30. The van der Waals surface area contributed by atoms with Gasteiger partial charge in [-0.15, -0.1) is 0 Å². The number of ether oxygens (including phenoxy) is 1. The molecule has 5 rings (SSSR count). The highest BCUT2D eigenvalue weighted by molar-refractivity contribution is 7.21. The molecule has 0 saturated carbocycles. The van der Waals surface area contributed by atoms with Gasteiger partial charge in [0.15, 0.2) is 5.13 Å². The fourth-order valence-corrected chi connectivity index (χ4v) is 5.18. The number of nitrogens with zero attached hydrogens (tertiary/aromatic N) is 2. The number of carbonyl (C=O) groups is 1. The van der Waals surface area contributed by atoms with Crippen molar-refractivity contribution in [1.29, 1.82) is 0 Å². The Morgan fingerprint density at radius 3 is 2.57 bits per heavy atom. The van der Waals surface area contributed by atoms with E-state index in [1.807, 2.05) is 66.7 Å². The molecule has 2 aromatic heterocycles. The summed E-state index contributed by atoms with van der Waals surface area (Å²) < 4.78 is 6.97. The minimum Gasteiger partial charge on any atom is -0.497 e. The highest BCUT2D eigenvalue weighted by atomic mass is 35.5. The van der Waals surface area contributed by atoms with Gasteiger partial charge in [-0.25, -0.2) is 9.78 Å². The van der Waals surface area contributed by atoms with Crippen LogP contribution in [0.25, 0.3) is 21.5 Å². The highest BCUT2D eigenvalue weighted by Gasteiger charge is 2.19. The molecule has 0 aliphatic rings. The fourth-order valence-electron chi connectivity index (χ4n) is 4.08. The maximum absolute atomic E-state index is 13.0. The predicted octanol–water partition coefficient (Wildman–Crippen LogP) is 6.15. The van der Waals surface area contributed by atoms with Gasteiger partial charge in [-0.05, 0) is 46.5 Å². The van der Waals surface area contributed by atoms with Gasteiger partial charge in [0, 0.05) is 24.3 Å². The fraction of sp³-hybridized carbons (Fsp3) is 0.107. The predicted molar refractivity (Wildman–Crippen MR) is 147 cm³/mol. The molecule has 0 spiro atoms. The maximum Gasteiger partial charge on any atom is 0.341 e. The summed E-state index contributed by atoms with van der Waals surface area (Å²) in [6.07, 6.45) is 1.39. The van der Waals surface area contributed by atoms with Gasteiger partial charge < -0.3 is 19.7 Å². The minimum atomic E-state index is -1.29. The largest absolute Gasteiger partial charge is 0.497 e. The van der Waals surface area contributed by atoms with Crippen LogP contribution < -0.4 is 15.5 Å². The summed E-state index contributed by atoms with van der Waals surface area (Å²) in [6.45, 7) is 0.817. The first-order valence-corrected chi connectivity index (χ1v) is 12.6. The number of aromatic carboxylic acids is 1. The summed E-state index contributed by atoms with van der Waals surface area (Å²) in [5.74, 6) is -0.528. The number of halogens is 1. The van der Waals surface area contributed by atoms with Crippen molar-refractivity contribution in [2.45, 2.75) is 13.1 Å². The third-order valence-corrected chi connectivity index (χ3v) is 7.23. The molecule has 37 heavy (non-hydrogen) atoms. The Hall–Kier alpha value is -4.14. The van der Waals surface area contributed by atoms with Crippen LogP contribution >= 0.6 is 22.9 Å². The Bertz CT molecular complexity index is 1650. The van der Waals surface area contributed by atoms with E-state index in [1.54, 1.807) is 17.7 Å². The molecular formula is C28H22ClN3O4S. The molecular weight excluding hydrogens is 510 g/mol. The van der Waals surface area contributed by atoms with Crippen molar-refractivity contribution in [3.05, 3.63) is 111 Å². The smallest absolute Gasteiger partial charge is 0.341 e. The van der Waals surface area contributed by atoms with E-state index in [9.17, 15) is 14.7 Å². The number of carboxylic acids is 1. The van der Waals surface area contributed by atoms with Crippen molar-refractivity contribution < 1.29 is 14.6 Å². The second-order valence-electron chi connectivity index (χ2n) is 8.35. The summed E-state index contributed by atoms with van der Waals surface area (Å²) >= 11 is 7.62. The molecule has 9 heteroatoms. The second kappa shape index (κ2) is 10.5. The first-order valence-electron chi connectivity index (χ1n) is 11.4. The monoisotopic (exact) mass is 531 g/mol. The third-order valence-electron chi connectivity index (χ3n) is 5.95. The van der Waals surface area contributed by atoms with E-state index in [0.717, 1.165) is 28.0 Å². The average molecular weight is 532 g/mol. The van der Waals surface area contributed by atoms with E-state index < -0.39 is 11.4 Å². The topological polar surface area (TPSA) is 93.4 Å². The molecule has 0 unspecified atom stereocenters. The van der Waals surface area contributed by atoms with Crippen LogP contribution in [0.15, 0.2) is 83.8 Å². The molecule has 0 fully saturated rings. The molecule has 2 heterocycles. The summed E-state index contributed by atoms with van der Waals surface area (Å²) in [5, 5.41) is 14.1. The first kappa shape index (κ1) is 24.5. The van der Waals surface area contributed by atoms with Gasteiger partial charge in [0.05, 0.1) is 7.11 Å². The lowest BCUT2D eigenvalue weighted by atomic mass is 9.99. The van der Waals surface area contributed by atoms with E-state index in [2.05, 4.69) is 10.3 Å². The van der Waals surface area contributed by atoms with Crippen molar-refractivity contribution in [2.75, 3.05) is 12.4 Å². The lowest BCUT2D eigenvalue weighted by molar-refractivity contribution is 0.0695. The van der Waals surface area contributed by atoms with Crippen LogP contribution in [0.3, 0.4) is 0 Å². The van der Waals surface area contributed by atoms with Crippen LogP contribution in [0.1, 0.15) is 21.5 Å². The standard InChI is InChI=1S/C28H22ClN3O4S/c1-36-21-11-7-17(8-12-21)14-30-28-31-24-25(33)23(27(34)35)16-32(26(24)37-28)15-19-9-10-20(29)13-22(19)18-5-3-2-4-6-18/h2-13,16H,14-15H2,1H3,(H,30,31)(H,34,35). The molecule has 5 aromatic rings. The number of hydrogen-bond donors (Lipinski definition) is 2. The van der Waals surface area contributed by atoms with E-state index in [-0.39, 0.29) is 11.1 Å².